The number of rotatable bonds is 2. The highest BCUT2D eigenvalue weighted by Gasteiger charge is 2.19. The van der Waals surface area contributed by atoms with Crippen molar-refractivity contribution in [3.05, 3.63) is 28.1 Å². The highest BCUT2D eigenvalue weighted by atomic mass is 35.5. The SMILES string of the molecule is NC(C(=O)O)c1snc2ccc(Cl)cc12. The molecular formula is C9H7ClN2O2S. The van der Waals surface area contributed by atoms with E-state index < -0.39 is 12.0 Å². The normalized spacial score (nSPS) is 12.9. The number of aliphatic carboxylic acids is 1. The fourth-order valence-corrected chi connectivity index (χ4v) is 2.27. The fraction of sp³-hybridized carbons (Fsp3) is 0.111. The Labute approximate surface area is 94.4 Å². The molecule has 0 amide bonds. The third-order valence-electron chi connectivity index (χ3n) is 2.01. The van der Waals surface area contributed by atoms with Crippen molar-refractivity contribution in [3.63, 3.8) is 0 Å². The summed E-state index contributed by atoms with van der Waals surface area (Å²) in [5.41, 5.74) is 6.24. The van der Waals surface area contributed by atoms with Gasteiger partial charge in [0.25, 0.3) is 0 Å². The van der Waals surface area contributed by atoms with Gasteiger partial charge in [0.15, 0.2) is 0 Å². The number of carboxylic acid groups (broad SMARTS) is 1. The molecule has 2 rings (SSSR count). The largest absolute Gasteiger partial charge is 0.480 e. The Morgan fingerprint density at radius 1 is 1.60 bits per heavy atom. The van der Waals surface area contributed by atoms with E-state index in [0.717, 1.165) is 17.0 Å². The molecule has 1 heterocycles. The number of halogens is 1. The molecule has 0 bridgehead atoms. The molecule has 0 aliphatic heterocycles. The summed E-state index contributed by atoms with van der Waals surface area (Å²) < 4.78 is 4.10. The first-order valence-electron chi connectivity index (χ1n) is 4.13. The zero-order valence-corrected chi connectivity index (χ0v) is 9.05. The van der Waals surface area contributed by atoms with Crippen molar-refractivity contribution in [3.8, 4) is 0 Å². The number of hydrogen-bond donors (Lipinski definition) is 2. The fourth-order valence-electron chi connectivity index (χ4n) is 1.27. The van der Waals surface area contributed by atoms with Crippen molar-refractivity contribution >= 4 is 40.0 Å². The summed E-state index contributed by atoms with van der Waals surface area (Å²) in [4.78, 5) is 11.3. The van der Waals surface area contributed by atoms with Gasteiger partial charge in [-0.3, -0.25) is 4.79 Å². The smallest absolute Gasteiger partial charge is 0.326 e. The van der Waals surface area contributed by atoms with E-state index in [1.807, 2.05) is 0 Å². The zero-order valence-electron chi connectivity index (χ0n) is 7.48. The first-order valence-corrected chi connectivity index (χ1v) is 5.28. The summed E-state index contributed by atoms with van der Waals surface area (Å²) in [6.07, 6.45) is 0. The second-order valence-electron chi connectivity index (χ2n) is 3.02. The Kier molecular flexibility index (Phi) is 2.60. The summed E-state index contributed by atoms with van der Waals surface area (Å²) >= 11 is 6.91. The Balaban J connectivity index is 2.61. The lowest BCUT2D eigenvalue weighted by molar-refractivity contribution is -0.138. The molecule has 0 spiro atoms. The van der Waals surface area contributed by atoms with Crippen LogP contribution in [0.4, 0.5) is 0 Å². The molecule has 0 aliphatic carbocycles. The van der Waals surface area contributed by atoms with Crippen LogP contribution in [-0.2, 0) is 4.79 Å². The summed E-state index contributed by atoms with van der Waals surface area (Å²) in [5, 5.41) is 10.1. The van der Waals surface area contributed by atoms with Crippen LogP contribution in [0.2, 0.25) is 5.02 Å². The number of benzene rings is 1. The van der Waals surface area contributed by atoms with E-state index in [4.69, 9.17) is 22.4 Å². The van der Waals surface area contributed by atoms with Gasteiger partial charge in [-0.15, -0.1) is 0 Å². The van der Waals surface area contributed by atoms with Crippen molar-refractivity contribution in [1.29, 1.82) is 0 Å². The molecule has 0 saturated carbocycles. The highest BCUT2D eigenvalue weighted by molar-refractivity contribution is 7.07. The predicted octanol–water partition coefficient (Wildman–Crippen LogP) is 2.03. The number of carbonyl (C=O) groups is 1. The lowest BCUT2D eigenvalue weighted by Crippen LogP contribution is -2.19. The maximum Gasteiger partial charge on any atom is 0.326 e. The van der Waals surface area contributed by atoms with E-state index in [1.165, 1.54) is 0 Å². The average molecular weight is 243 g/mol. The number of fused-ring (bicyclic) bond motifs is 1. The van der Waals surface area contributed by atoms with E-state index in [-0.39, 0.29) is 0 Å². The minimum Gasteiger partial charge on any atom is -0.480 e. The number of carboxylic acids is 1. The van der Waals surface area contributed by atoms with Crippen LogP contribution in [-0.4, -0.2) is 15.4 Å². The molecule has 4 nitrogen and oxygen atoms in total. The van der Waals surface area contributed by atoms with Gasteiger partial charge in [-0.2, -0.15) is 4.37 Å². The monoisotopic (exact) mass is 242 g/mol. The lowest BCUT2D eigenvalue weighted by Gasteiger charge is -2.02. The Bertz CT molecular complexity index is 526. The first kappa shape index (κ1) is 10.4. The van der Waals surface area contributed by atoms with Gasteiger partial charge in [-0.05, 0) is 29.7 Å². The third kappa shape index (κ3) is 1.81. The van der Waals surface area contributed by atoms with Crippen LogP contribution < -0.4 is 5.73 Å². The van der Waals surface area contributed by atoms with Gasteiger partial charge in [0.2, 0.25) is 0 Å². The van der Waals surface area contributed by atoms with Gasteiger partial charge >= 0.3 is 5.97 Å². The number of nitrogens with zero attached hydrogens (tertiary/aromatic N) is 1. The second-order valence-corrected chi connectivity index (χ2v) is 4.27. The minimum absolute atomic E-state index is 0.528. The van der Waals surface area contributed by atoms with Crippen LogP contribution in [0.15, 0.2) is 18.2 Å². The van der Waals surface area contributed by atoms with Crippen molar-refractivity contribution in [2.75, 3.05) is 0 Å². The summed E-state index contributed by atoms with van der Waals surface area (Å²) in [6, 6.07) is 4.09. The van der Waals surface area contributed by atoms with Gasteiger partial charge in [-0.1, -0.05) is 11.6 Å². The minimum atomic E-state index is -1.07. The summed E-state index contributed by atoms with van der Waals surface area (Å²) in [5.74, 6) is -1.07. The second kappa shape index (κ2) is 3.77. The van der Waals surface area contributed by atoms with Gasteiger partial charge in [-0.25, -0.2) is 0 Å². The van der Waals surface area contributed by atoms with Crippen molar-refractivity contribution in [2.45, 2.75) is 6.04 Å². The van der Waals surface area contributed by atoms with Crippen LogP contribution >= 0.6 is 23.1 Å². The molecule has 15 heavy (non-hydrogen) atoms. The van der Waals surface area contributed by atoms with Crippen LogP contribution in [0.3, 0.4) is 0 Å². The molecule has 78 valence electrons. The maximum absolute atomic E-state index is 10.7. The number of nitrogens with two attached hydrogens (primary N) is 1. The molecule has 1 aromatic carbocycles. The first-order chi connectivity index (χ1) is 7.09. The standard InChI is InChI=1S/C9H7ClN2O2S/c10-4-1-2-6-5(3-4)8(15-12-6)7(11)9(13)14/h1-3,7H,11H2,(H,13,14). The average Bonchev–Trinajstić information content (AvgIpc) is 2.59. The van der Waals surface area contributed by atoms with Crippen molar-refractivity contribution < 1.29 is 9.90 Å². The van der Waals surface area contributed by atoms with Crippen LogP contribution in [0.25, 0.3) is 10.9 Å². The molecular weight excluding hydrogens is 236 g/mol. The van der Waals surface area contributed by atoms with Gasteiger partial charge in [0.1, 0.15) is 6.04 Å². The molecule has 3 N–H and O–H groups in total. The predicted molar refractivity (Wildman–Crippen MR) is 59.2 cm³/mol. The Morgan fingerprint density at radius 2 is 2.33 bits per heavy atom. The van der Waals surface area contributed by atoms with Crippen LogP contribution in [0, 0.1) is 0 Å². The quantitative estimate of drug-likeness (QED) is 0.845. The number of aromatic nitrogens is 1. The Morgan fingerprint density at radius 3 is 3.00 bits per heavy atom. The molecule has 1 aromatic heterocycles. The molecule has 0 radical (unpaired) electrons. The Hall–Kier alpha value is -1.17. The van der Waals surface area contributed by atoms with E-state index in [1.54, 1.807) is 18.2 Å². The molecule has 0 fully saturated rings. The third-order valence-corrected chi connectivity index (χ3v) is 3.21. The van der Waals surface area contributed by atoms with Crippen LogP contribution in [0.1, 0.15) is 10.9 Å². The molecule has 2 aromatic rings. The molecule has 0 aliphatic rings. The van der Waals surface area contributed by atoms with Gasteiger partial charge in [0.05, 0.1) is 10.4 Å². The van der Waals surface area contributed by atoms with Crippen molar-refractivity contribution in [2.24, 2.45) is 5.73 Å². The molecule has 6 heteroatoms. The van der Waals surface area contributed by atoms with Crippen molar-refractivity contribution in [1.82, 2.24) is 4.37 Å². The summed E-state index contributed by atoms with van der Waals surface area (Å²) in [7, 11) is 0. The topological polar surface area (TPSA) is 76.2 Å². The lowest BCUT2D eigenvalue weighted by atomic mass is 10.1. The van der Waals surface area contributed by atoms with E-state index in [9.17, 15) is 4.79 Å². The van der Waals surface area contributed by atoms with E-state index >= 15 is 0 Å². The maximum atomic E-state index is 10.7. The number of hydrogen-bond acceptors (Lipinski definition) is 4. The molecule has 0 saturated heterocycles. The molecule has 1 unspecified atom stereocenters. The van der Waals surface area contributed by atoms with Gasteiger partial charge in [0, 0.05) is 10.4 Å². The van der Waals surface area contributed by atoms with Gasteiger partial charge < -0.3 is 10.8 Å². The van der Waals surface area contributed by atoms with Crippen LogP contribution in [0.5, 0.6) is 0 Å². The van der Waals surface area contributed by atoms with E-state index in [0.29, 0.717) is 15.3 Å². The van der Waals surface area contributed by atoms with E-state index in [2.05, 4.69) is 4.37 Å². The molecule has 1 atom stereocenters. The zero-order chi connectivity index (χ0) is 11.0. The summed E-state index contributed by atoms with van der Waals surface area (Å²) in [6.45, 7) is 0. The highest BCUT2D eigenvalue weighted by Crippen LogP contribution is 2.29.